The van der Waals surface area contributed by atoms with Crippen molar-refractivity contribution in [2.24, 2.45) is 0 Å². The van der Waals surface area contributed by atoms with E-state index in [1.165, 1.54) is 12.1 Å². The standard InChI is InChI=1S/C23H22N2O5/c1-29-22-13-19(9-12-21(22)30-16-18-5-3-2-4-6-18)15-24-23(26)14-17-7-10-20(11-8-17)25(27)28/h2-13H,14-16H2,1H3,(H,24,26). The number of benzene rings is 3. The van der Waals surface area contributed by atoms with Crippen molar-refractivity contribution in [3.8, 4) is 11.5 Å². The summed E-state index contributed by atoms with van der Waals surface area (Å²) in [4.78, 5) is 22.4. The lowest BCUT2D eigenvalue weighted by Gasteiger charge is -2.13. The molecular weight excluding hydrogens is 384 g/mol. The Labute approximate surface area is 174 Å². The van der Waals surface area contributed by atoms with Gasteiger partial charge in [-0.25, -0.2) is 0 Å². The van der Waals surface area contributed by atoms with Crippen LogP contribution in [0.2, 0.25) is 0 Å². The Hall–Kier alpha value is -3.87. The molecule has 3 aromatic carbocycles. The fourth-order valence-corrected chi connectivity index (χ4v) is 2.86. The topological polar surface area (TPSA) is 90.7 Å². The van der Waals surface area contributed by atoms with Crippen molar-refractivity contribution in [2.45, 2.75) is 19.6 Å². The van der Waals surface area contributed by atoms with Crippen LogP contribution in [0.25, 0.3) is 0 Å². The van der Waals surface area contributed by atoms with E-state index < -0.39 is 4.92 Å². The van der Waals surface area contributed by atoms with Crippen molar-refractivity contribution in [3.05, 3.63) is 99.6 Å². The summed E-state index contributed by atoms with van der Waals surface area (Å²) >= 11 is 0. The quantitative estimate of drug-likeness (QED) is 0.428. The van der Waals surface area contributed by atoms with Crippen LogP contribution >= 0.6 is 0 Å². The van der Waals surface area contributed by atoms with Gasteiger partial charge in [0.15, 0.2) is 11.5 Å². The van der Waals surface area contributed by atoms with E-state index in [0.29, 0.717) is 30.2 Å². The lowest BCUT2D eigenvalue weighted by molar-refractivity contribution is -0.384. The first-order valence-corrected chi connectivity index (χ1v) is 9.39. The average molecular weight is 406 g/mol. The van der Waals surface area contributed by atoms with Crippen LogP contribution in [0.5, 0.6) is 11.5 Å². The molecule has 0 atom stereocenters. The molecule has 1 N–H and O–H groups in total. The van der Waals surface area contributed by atoms with Crippen molar-refractivity contribution in [3.63, 3.8) is 0 Å². The van der Waals surface area contributed by atoms with Crippen molar-refractivity contribution < 1.29 is 19.2 Å². The lowest BCUT2D eigenvalue weighted by Crippen LogP contribution is -2.24. The number of carbonyl (C=O) groups excluding carboxylic acids is 1. The number of rotatable bonds is 9. The zero-order valence-electron chi connectivity index (χ0n) is 16.5. The Balaban J connectivity index is 1.54. The summed E-state index contributed by atoms with van der Waals surface area (Å²) in [6, 6.07) is 21.3. The highest BCUT2D eigenvalue weighted by molar-refractivity contribution is 5.78. The molecule has 3 aromatic rings. The molecular formula is C23H22N2O5. The minimum absolute atomic E-state index is 0.000765. The zero-order chi connectivity index (χ0) is 21.3. The third kappa shape index (κ3) is 5.81. The molecule has 7 heteroatoms. The van der Waals surface area contributed by atoms with Crippen molar-refractivity contribution >= 4 is 11.6 Å². The number of amides is 1. The van der Waals surface area contributed by atoms with Gasteiger partial charge in [0.05, 0.1) is 18.5 Å². The molecule has 0 aliphatic rings. The number of ether oxygens (including phenoxy) is 2. The predicted octanol–water partition coefficient (Wildman–Crippen LogP) is 4.04. The van der Waals surface area contributed by atoms with E-state index in [0.717, 1.165) is 11.1 Å². The second-order valence-electron chi connectivity index (χ2n) is 6.64. The van der Waals surface area contributed by atoms with E-state index >= 15 is 0 Å². The van der Waals surface area contributed by atoms with Crippen LogP contribution in [-0.2, 0) is 24.4 Å². The second kappa shape index (κ2) is 10.1. The van der Waals surface area contributed by atoms with E-state index in [1.807, 2.05) is 48.5 Å². The molecule has 1 amide bonds. The number of nitrogens with zero attached hydrogens (tertiary/aromatic N) is 1. The van der Waals surface area contributed by atoms with Gasteiger partial charge in [0.25, 0.3) is 5.69 Å². The summed E-state index contributed by atoms with van der Waals surface area (Å²) in [5, 5.41) is 13.5. The Morgan fingerprint density at radius 2 is 1.63 bits per heavy atom. The molecule has 0 aliphatic carbocycles. The first kappa shape index (κ1) is 20.9. The third-order valence-electron chi connectivity index (χ3n) is 4.47. The molecule has 0 aliphatic heterocycles. The maximum atomic E-state index is 12.2. The Morgan fingerprint density at radius 1 is 0.933 bits per heavy atom. The molecule has 0 heterocycles. The fourth-order valence-electron chi connectivity index (χ4n) is 2.86. The number of nitro groups is 1. The highest BCUT2D eigenvalue weighted by Crippen LogP contribution is 2.28. The third-order valence-corrected chi connectivity index (χ3v) is 4.47. The van der Waals surface area contributed by atoms with Gasteiger partial charge in [0, 0.05) is 18.7 Å². The highest BCUT2D eigenvalue weighted by atomic mass is 16.6. The maximum Gasteiger partial charge on any atom is 0.269 e. The van der Waals surface area contributed by atoms with Crippen molar-refractivity contribution in [2.75, 3.05) is 7.11 Å². The first-order chi connectivity index (χ1) is 14.5. The van der Waals surface area contributed by atoms with Gasteiger partial charge < -0.3 is 14.8 Å². The molecule has 0 radical (unpaired) electrons. The molecule has 30 heavy (non-hydrogen) atoms. The number of hydrogen-bond donors (Lipinski definition) is 1. The molecule has 0 saturated heterocycles. The summed E-state index contributed by atoms with van der Waals surface area (Å²) in [7, 11) is 1.57. The normalized spacial score (nSPS) is 10.3. The minimum atomic E-state index is -0.468. The second-order valence-corrected chi connectivity index (χ2v) is 6.64. The van der Waals surface area contributed by atoms with Gasteiger partial charge in [-0.15, -0.1) is 0 Å². The van der Waals surface area contributed by atoms with Gasteiger partial charge in [-0.05, 0) is 28.8 Å². The largest absolute Gasteiger partial charge is 0.493 e. The summed E-state index contributed by atoms with van der Waals surface area (Å²) < 4.78 is 11.3. The Bertz CT molecular complexity index is 1000. The van der Waals surface area contributed by atoms with Gasteiger partial charge in [-0.3, -0.25) is 14.9 Å². The maximum absolute atomic E-state index is 12.2. The number of hydrogen-bond acceptors (Lipinski definition) is 5. The van der Waals surface area contributed by atoms with Gasteiger partial charge in [-0.1, -0.05) is 48.5 Å². The first-order valence-electron chi connectivity index (χ1n) is 9.39. The molecule has 3 rings (SSSR count). The SMILES string of the molecule is COc1cc(CNC(=O)Cc2ccc([N+](=O)[O-])cc2)ccc1OCc1ccccc1. The summed E-state index contributed by atoms with van der Waals surface area (Å²) in [5.74, 6) is 1.04. The van der Waals surface area contributed by atoms with Crippen LogP contribution in [0.1, 0.15) is 16.7 Å². The molecule has 0 aromatic heterocycles. The van der Waals surface area contributed by atoms with Crippen molar-refractivity contribution in [1.82, 2.24) is 5.32 Å². The zero-order valence-corrected chi connectivity index (χ0v) is 16.5. The van der Waals surface area contributed by atoms with E-state index in [2.05, 4.69) is 5.32 Å². The van der Waals surface area contributed by atoms with E-state index in [9.17, 15) is 14.9 Å². The van der Waals surface area contributed by atoms with E-state index in [4.69, 9.17) is 9.47 Å². The van der Waals surface area contributed by atoms with Gasteiger partial charge in [0.1, 0.15) is 6.61 Å². The van der Waals surface area contributed by atoms with E-state index in [1.54, 1.807) is 19.2 Å². The number of carbonyl (C=O) groups is 1. The van der Waals surface area contributed by atoms with Gasteiger partial charge >= 0.3 is 0 Å². The average Bonchev–Trinajstić information content (AvgIpc) is 2.77. The molecule has 0 fully saturated rings. The predicted molar refractivity (Wildman–Crippen MR) is 112 cm³/mol. The Kier molecular flexibility index (Phi) is 7.00. The highest BCUT2D eigenvalue weighted by Gasteiger charge is 2.09. The monoisotopic (exact) mass is 406 g/mol. The molecule has 0 bridgehead atoms. The van der Waals surface area contributed by atoms with Crippen LogP contribution in [0.3, 0.4) is 0 Å². The van der Waals surface area contributed by atoms with Crippen molar-refractivity contribution in [1.29, 1.82) is 0 Å². The summed E-state index contributed by atoms with van der Waals surface area (Å²) in [6.45, 7) is 0.768. The van der Waals surface area contributed by atoms with Gasteiger partial charge in [0.2, 0.25) is 5.91 Å². The minimum Gasteiger partial charge on any atom is -0.493 e. The lowest BCUT2D eigenvalue weighted by atomic mass is 10.1. The smallest absolute Gasteiger partial charge is 0.269 e. The molecule has 154 valence electrons. The summed E-state index contributed by atoms with van der Waals surface area (Å²) in [6.07, 6.45) is 0.146. The summed E-state index contributed by atoms with van der Waals surface area (Å²) in [5.41, 5.74) is 2.64. The number of non-ortho nitro benzene ring substituents is 1. The number of methoxy groups -OCH3 is 1. The number of nitro benzene ring substituents is 1. The molecule has 0 spiro atoms. The number of nitrogens with one attached hydrogen (secondary N) is 1. The molecule has 7 nitrogen and oxygen atoms in total. The van der Waals surface area contributed by atoms with Gasteiger partial charge in [-0.2, -0.15) is 0 Å². The Morgan fingerprint density at radius 3 is 2.30 bits per heavy atom. The van der Waals surface area contributed by atoms with Crippen LogP contribution in [0, 0.1) is 10.1 Å². The molecule has 0 saturated carbocycles. The van der Waals surface area contributed by atoms with Crippen LogP contribution in [0.4, 0.5) is 5.69 Å². The van der Waals surface area contributed by atoms with Crippen LogP contribution in [-0.4, -0.2) is 17.9 Å². The van der Waals surface area contributed by atoms with E-state index in [-0.39, 0.29) is 18.0 Å². The fraction of sp³-hybridized carbons (Fsp3) is 0.174. The van der Waals surface area contributed by atoms with Crippen LogP contribution in [0.15, 0.2) is 72.8 Å². The van der Waals surface area contributed by atoms with Crippen LogP contribution < -0.4 is 14.8 Å². The molecule has 0 unspecified atom stereocenters.